The van der Waals surface area contributed by atoms with Crippen LogP contribution >= 0.6 is 0 Å². The highest BCUT2D eigenvalue weighted by Gasteiger charge is 2.22. The monoisotopic (exact) mass is 255 g/mol. The quantitative estimate of drug-likeness (QED) is 0.801. The topological polar surface area (TPSA) is 21.3 Å². The van der Waals surface area contributed by atoms with Gasteiger partial charge in [0.1, 0.15) is 5.75 Å². The summed E-state index contributed by atoms with van der Waals surface area (Å²) >= 11 is 0. The van der Waals surface area contributed by atoms with Crippen LogP contribution in [0.15, 0.2) is 24.3 Å². The summed E-state index contributed by atoms with van der Waals surface area (Å²) in [7, 11) is 1.93. The Kier molecular flexibility index (Phi) is 4.53. The molecule has 0 heterocycles. The first-order valence-electron chi connectivity index (χ1n) is 6.41. The Morgan fingerprint density at radius 1 is 1.28 bits per heavy atom. The van der Waals surface area contributed by atoms with Gasteiger partial charge in [0.05, 0.1) is 0 Å². The molecule has 0 saturated heterocycles. The van der Waals surface area contributed by atoms with Crippen LogP contribution in [0, 0.1) is 5.92 Å². The lowest BCUT2D eigenvalue weighted by atomic mass is 10.0. The van der Waals surface area contributed by atoms with Gasteiger partial charge in [-0.25, -0.2) is 0 Å². The van der Waals surface area contributed by atoms with E-state index in [9.17, 15) is 8.78 Å². The van der Waals surface area contributed by atoms with Crippen molar-refractivity contribution in [1.82, 2.24) is 5.32 Å². The normalized spacial score (nSPS) is 16.9. The molecule has 100 valence electrons. The Morgan fingerprint density at radius 2 is 1.94 bits per heavy atom. The molecule has 0 bridgehead atoms. The minimum atomic E-state index is -2.76. The third-order valence-electron chi connectivity index (χ3n) is 3.42. The zero-order chi connectivity index (χ0) is 13.0. The van der Waals surface area contributed by atoms with Crippen molar-refractivity contribution in [2.75, 3.05) is 7.05 Å². The van der Waals surface area contributed by atoms with Gasteiger partial charge in [0.25, 0.3) is 0 Å². The van der Waals surface area contributed by atoms with Crippen LogP contribution in [-0.2, 0) is 0 Å². The van der Waals surface area contributed by atoms with Gasteiger partial charge in [0.15, 0.2) is 0 Å². The predicted molar refractivity (Wildman–Crippen MR) is 66.8 cm³/mol. The Bertz CT molecular complexity index is 363. The second kappa shape index (κ2) is 6.14. The molecule has 1 fully saturated rings. The minimum Gasteiger partial charge on any atom is -0.435 e. The lowest BCUT2D eigenvalue weighted by molar-refractivity contribution is -0.0498. The summed E-state index contributed by atoms with van der Waals surface area (Å²) in [5.41, 5.74) is 1.12. The van der Waals surface area contributed by atoms with Gasteiger partial charge < -0.3 is 10.1 Å². The fourth-order valence-corrected chi connectivity index (χ4v) is 2.17. The van der Waals surface area contributed by atoms with Crippen LogP contribution in [0.3, 0.4) is 0 Å². The van der Waals surface area contributed by atoms with Crippen molar-refractivity contribution in [2.24, 2.45) is 5.92 Å². The third-order valence-corrected chi connectivity index (χ3v) is 3.42. The van der Waals surface area contributed by atoms with Crippen LogP contribution in [0.2, 0.25) is 0 Å². The zero-order valence-corrected chi connectivity index (χ0v) is 10.5. The molecular weight excluding hydrogens is 236 g/mol. The second-order valence-corrected chi connectivity index (χ2v) is 4.81. The van der Waals surface area contributed by atoms with Crippen molar-refractivity contribution < 1.29 is 13.5 Å². The highest BCUT2D eigenvalue weighted by molar-refractivity contribution is 5.29. The highest BCUT2D eigenvalue weighted by atomic mass is 19.3. The largest absolute Gasteiger partial charge is 0.435 e. The minimum absolute atomic E-state index is 0.214. The fourth-order valence-electron chi connectivity index (χ4n) is 2.17. The van der Waals surface area contributed by atoms with E-state index in [4.69, 9.17) is 0 Å². The molecule has 0 radical (unpaired) electrons. The smallest absolute Gasteiger partial charge is 0.387 e. The van der Waals surface area contributed by atoms with Crippen LogP contribution in [0.1, 0.15) is 37.3 Å². The molecule has 0 spiro atoms. The maximum atomic E-state index is 12.0. The van der Waals surface area contributed by atoms with Gasteiger partial charge in [-0.05, 0) is 43.5 Å². The number of nitrogens with one attached hydrogen (secondary N) is 1. The van der Waals surface area contributed by atoms with Crippen LogP contribution in [0.5, 0.6) is 5.75 Å². The summed E-state index contributed by atoms with van der Waals surface area (Å²) in [4.78, 5) is 0. The van der Waals surface area contributed by atoms with Crippen molar-refractivity contribution in [1.29, 1.82) is 0 Å². The van der Waals surface area contributed by atoms with E-state index in [2.05, 4.69) is 10.1 Å². The average molecular weight is 255 g/mol. The summed E-state index contributed by atoms with van der Waals surface area (Å²) in [5.74, 6) is 1.12. The van der Waals surface area contributed by atoms with Gasteiger partial charge in [-0.1, -0.05) is 25.0 Å². The summed E-state index contributed by atoms with van der Waals surface area (Å²) < 4.78 is 28.4. The lowest BCUT2D eigenvalue weighted by Gasteiger charge is -2.17. The molecule has 1 aromatic rings. The number of ether oxygens (including phenoxy) is 1. The second-order valence-electron chi connectivity index (χ2n) is 4.81. The molecule has 2 rings (SSSR count). The molecule has 2 nitrogen and oxygen atoms in total. The summed E-state index contributed by atoms with van der Waals surface area (Å²) in [6.45, 7) is -2.76. The van der Waals surface area contributed by atoms with Crippen molar-refractivity contribution in [3.8, 4) is 5.75 Å². The first kappa shape index (κ1) is 13.3. The lowest BCUT2D eigenvalue weighted by Crippen LogP contribution is -2.16. The molecule has 1 aromatic carbocycles. The molecule has 1 saturated carbocycles. The molecule has 1 unspecified atom stereocenters. The van der Waals surface area contributed by atoms with E-state index in [1.807, 2.05) is 19.2 Å². The van der Waals surface area contributed by atoms with Crippen molar-refractivity contribution in [3.05, 3.63) is 29.8 Å². The Labute approximate surface area is 106 Å². The van der Waals surface area contributed by atoms with E-state index in [0.717, 1.165) is 17.9 Å². The molecule has 1 atom stereocenters. The number of alkyl halides is 2. The van der Waals surface area contributed by atoms with E-state index in [1.165, 1.54) is 19.3 Å². The predicted octanol–water partition coefficient (Wildman–Crippen LogP) is 3.74. The summed E-state index contributed by atoms with van der Waals surface area (Å²) in [6.07, 6.45) is 5.05. The summed E-state index contributed by atoms with van der Waals surface area (Å²) in [5, 5.41) is 3.27. The standard InChI is InChI=1S/C14H19F2NO/c1-17-13(9-4-10-2-3-10)11-5-7-12(8-6-11)18-14(15)16/h5-8,10,13-14,17H,2-4,9H2,1H3. The van der Waals surface area contributed by atoms with Gasteiger partial charge in [-0.3, -0.25) is 0 Å². The van der Waals surface area contributed by atoms with Crippen LogP contribution in [-0.4, -0.2) is 13.7 Å². The molecule has 0 aliphatic heterocycles. The molecule has 1 N–H and O–H groups in total. The van der Waals surface area contributed by atoms with Crippen LogP contribution < -0.4 is 10.1 Å². The first-order valence-corrected chi connectivity index (χ1v) is 6.41. The van der Waals surface area contributed by atoms with Gasteiger partial charge in [-0.2, -0.15) is 8.78 Å². The molecular formula is C14H19F2NO. The SMILES string of the molecule is CNC(CCC1CC1)c1ccc(OC(F)F)cc1. The van der Waals surface area contributed by atoms with Crippen molar-refractivity contribution in [2.45, 2.75) is 38.3 Å². The fraction of sp³-hybridized carbons (Fsp3) is 0.571. The maximum absolute atomic E-state index is 12.0. The molecule has 1 aliphatic carbocycles. The average Bonchev–Trinajstić information content (AvgIpc) is 3.15. The third kappa shape index (κ3) is 3.95. The number of halogens is 2. The van der Waals surface area contributed by atoms with E-state index in [-0.39, 0.29) is 5.75 Å². The number of benzene rings is 1. The molecule has 4 heteroatoms. The number of rotatable bonds is 7. The van der Waals surface area contributed by atoms with E-state index >= 15 is 0 Å². The van der Waals surface area contributed by atoms with Gasteiger partial charge in [0.2, 0.25) is 0 Å². The zero-order valence-electron chi connectivity index (χ0n) is 10.5. The van der Waals surface area contributed by atoms with E-state index < -0.39 is 6.61 Å². The van der Waals surface area contributed by atoms with E-state index in [1.54, 1.807) is 12.1 Å². The number of hydrogen-bond acceptors (Lipinski definition) is 2. The Morgan fingerprint density at radius 3 is 2.44 bits per heavy atom. The molecule has 0 aromatic heterocycles. The molecule has 18 heavy (non-hydrogen) atoms. The molecule has 0 amide bonds. The highest BCUT2D eigenvalue weighted by Crippen LogP contribution is 2.36. The van der Waals surface area contributed by atoms with Crippen molar-refractivity contribution in [3.63, 3.8) is 0 Å². The first-order chi connectivity index (χ1) is 8.69. The Balaban J connectivity index is 1.92. The van der Waals surface area contributed by atoms with Crippen LogP contribution in [0.4, 0.5) is 8.78 Å². The van der Waals surface area contributed by atoms with Crippen molar-refractivity contribution >= 4 is 0 Å². The number of hydrogen-bond donors (Lipinski definition) is 1. The molecule has 1 aliphatic rings. The maximum Gasteiger partial charge on any atom is 0.387 e. The van der Waals surface area contributed by atoms with Gasteiger partial charge >= 0.3 is 6.61 Å². The van der Waals surface area contributed by atoms with Gasteiger partial charge in [-0.15, -0.1) is 0 Å². The van der Waals surface area contributed by atoms with E-state index in [0.29, 0.717) is 6.04 Å². The van der Waals surface area contributed by atoms with Crippen LogP contribution in [0.25, 0.3) is 0 Å². The summed E-state index contributed by atoms with van der Waals surface area (Å²) in [6, 6.07) is 7.20. The van der Waals surface area contributed by atoms with Gasteiger partial charge in [0, 0.05) is 6.04 Å². The Hall–Kier alpha value is -1.16.